The third-order valence-corrected chi connectivity index (χ3v) is 6.70. The number of nitrogens with zero attached hydrogens (tertiary/aromatic N) is 4. The minimum Gasteiger partial charge on any atom is -0.440 e. The zero-order valence-electron chi connectivity index (χ0n) is 21.4. The van der Waals surface area contributed by atoms with Gasteiger partial charge in [0, 0.05) is 22.0 Å². The fourth-order valence-electron chi connectivity index (χ4n) is 4.72. The van der Waals surface area contributed by atoms with Crippen LogP contribution in [-0.2, 0) is 12.4 Å². The van der Waals surface area contributed by atoms with Gasteiger partial charge in [-0.25, -0.2) is 14.6 Å². The topological polar surface area (TPSA) is 115 Å². The molecule has 42 heavy (non-hydrogen) atoms. The van der Waals surface area contributed by atoms with Gasteiger partial charge in [-0.1, -0.05) is 12.1 Å². The average molecular weight is 586 g/mol. The van der Waals surface area contributed by atoms with E-state index < -0.39 is 58.3 Å². The molecule has 0 saturated carbocycles. The summed E-state index contributed by atoms with van der Waals surface area (Å²) in [6.07, 6.45) is -8.56. The number of aryl methyl sites for hydroxylation is 2. The van der Waals surface area contributed by atoms with Gasteiger partial charge in [-0.15, -0.1) is 0 Å². The fourth-order valence-corrected chi connectivity index (χ4v) is 4.72. The van der Waals surface area contributed by atoms with Crippen LogP contribution in [0.4, 0.5) is 37.7 Å². The molecular formula is C27H16F6N6O3. The first-order valence-corrected chi connectivity index (χ1v) is 12.1. The first-order chi connectivity index (χ1) is 19.7. The Kier molecular flexibility index (Phi) is 5.88. The van der Waals surface area contributed by atoms with E-state index in [0.717, 1.165) is 6.20 Å². The third kappa shape index (κ3) is 4.33. The normalized spacial score (nSPS) is 13.1. The molecule has 3 aromatic heterocycles. The lowest BCUT2D eigenvalue weighted by atomic mass is 10.0. The van der Waals surface area contributed by atoms with Crippen LogP contribution in [0.2, 0.25) is 0 Å². The van der Waals surface area contributed by atoms with Gasteiger partial charge in [0.25, 0.3) is 11.8 Å². The van der Waals surface area contributed by atoms with Gasteiger partial charge in [0.05, 0.1) is 40.6 Å². The summed E-state index contributed by atoms with van der Waals surface area (Å²) in [5.41, 5.74) is -3.97. The highest BCUT2D eigenvalue weighted by molar-refractivity contribution is 6.25. The van der Waals surface area contributed by atoms with Crippen molar-refractivity contribution in [3.63, 3.8) is 0 Å². The predicted molar refractivity (Wildman–Crippen MR) is 136 cm³/mol. The van der Waals surface area contributed by atoms with Gasteiger partial charge in [0.1, 0.15) is 11.5 Å². The van der Waals surface area contributed by atoms with Gasteiger partial charge < -0.3 is 15.1 Å². The molecule has 0 spiro atoms. The molecule has 0 radical (unpaired) electrons. The smallest absolute Gasteiger partial charge is 0.434 e. The maximum atomic E-state index is 14.4. The first-order valence-electron chi connectivity index (χ1n) is 12.1. The first kappa shape index (κ1) is 27.0. The van der Waals surface area contributed by atoms with E-state index in [4.69, 9.17) is 4.42 Å². The van der Waals surface area contributed by atoms with Crippen LogP contribution in [-0.4, -0.2) is 31.6 Å². The lowest BCUT2D eigenvalue weighted by Crippen LogP contribution is -2.21. The molecule has 2 N–H and O–H groups in total. The van der Waals surface area contributed by atoms with Crippen molar-refractivity contribution in [2.24, 2.45) is 0 Å². The zero-order valence-corrected chi connectivity index (χ0v) is 21.4. The molecule has 1 aliphatic rings. The Morgan fingerprint density at radius 2 is 1.79 bits per heavy atom. The predicted octanol–water partition coefficient (Wildman–Crippen LogP) is 6.55. The quantitative estimate of drug-likeness (QED) is 0.231. The molecule has 4 heterocycles. The summed E-state index contributed by atoms with van der Waals surface area (Å²) in [4.78, 5) is 33.0. The highest BCUT2D eigenvalue weighted by Crippen LogP contribution is 2.41. The summed E-state index contributed by atoms with van der Waals surface area (Å²) in [6.45, 7) is 3.04. The summed E-state index contributed by atoms with van der Waals surface area (Å²) in [7, 11) is 0. The SMILES string of the molecule is Cc1nc(-c2ncc(NC(=O)c3cnn(-c4ccc5c6c(cccc46)C(=O)N5)c3C(F)(F)F)cc2C(F)(F)F)oc1C. The number of oxazole rings is 1. The van der Waals surface area contributed by atoms with Crippen LogP contribution >= 0.6 is 0 Å². The highest BCUT2D eigenvalue weighted by Gasteiger charge is 2.42. The number of alkyl halides is 6. The Morgan fingerprint density at radius 3 is 2.45 bits per heavy atom. The molecule has 0 saturated heterocycles. The van der Waals surface area contributed by atoms with Gasteiger partial charge in [-0.2, -0.15) is 31.4 Å². The van der Waals surface area contributed by atoms with E-state index in [9.17, 15) is 35.9 Å². The van der Waals surface area contributed by atoms with Gasteiger partial charge in [-0.05, 0) is 38.1 Å². The molecule has 0 aliphatic carbocycles. The summed E-state index contributed by atoms with van der Waals surface area (Å²) in [5, 5.41) is 9.13. The molecule has 214 valence electrons. The largest absolute Gasteiger partial charge is 0.440 e. The fraction of sp³-hybridized carbons (Fsp3) is 0.148. The summed E-state index contributed by atoms with van der Waals surface area (Å²) >= 11 is 0. The van der Waals surface area contributed by atoms with Crippen molar-refractivity contribution in [1.82, 2.24) is 19.7 Å². The van der Waals surface area contributed by atoms with Crippen molar-refractivity contribution >= 4 is 34.0 Å². The molecule has 9 nitrogen and oxygen atoms in total. The number of halogens is 6. The number of carbonyl (C=O) groups excluding carboxylic acids is 2. The van der Waals surface area contributed by atoms with E-state index in [1.165, 1.54) is 44.2 Å². The molecule has 1 aliphatic heterocycles. The lowest BCUT2D eigenvalue weighted by Gasteiger charge is -2.15. The van der Waals surface area contributed by atoms with Crippen LogP contribution < -0.4 is 10.6 Å². The van der Waals surface area contributed by atoms with E-state index in [0.29, 0.717) is 33.7 Å². The summed E-state index contributed by atoms with van der Waals surface area (Å²) in [6, 6.07) is 7.76. The number of carbonyl (C=O) groups is 2. The minimum atomic E-state index is -5.11. The summed E-state index contributed by atoms with van der Waals surface area (Å²) < 4.78 is 90.6. The Balaban J connectivity index is 1.41. The number of anilines is 2. The molecule has 2 amide bonds. The second-order valence-electron chi connectivity index (χ2n) is 9.36. The van der Waals surface area contributed by atoms with Crippen LogP contribution in [0.15, 0.2) is 53.2 Å². The molecule has 6 rings (SSSR count). The minimum absolute atomic E-state index is 0.0691. The standard InChI is InChI=1S/C27H16F6N6O3/c1-11-12(2)42-25(36-11)21-17(26(28,29)30)8-13(9-34-21)37-24(41)16-10-35-39(22(16)27(31,32)33)19-7-6-18-20-14(19)4-3-5-15(20)23(40)38-18/h3-10H,1-2H3,(H,37,41)(H,38,40). The Morgan fingerprint density at radius 1 is 1.02 bits per heavy atom. The van der Waals surface area contributed by atoms with Crippen LogP contribution in [0.1, 0.15) is 43.4 Å². The number of rotatable bonds is 4. The molecular weight excluding hydrogens is 570 g/mol. The third-order valence-electron chi connectivity index (χ3n) is 6.70. The Bertz CT molecular complexity index is 1920. The second-order valence-corrected chi connectivity index (χ2v) is 9.36. The van der Waals surface area contributed by atoms with Crippen LogP contribution in [0, 0.1) is 13.8 Å². The number of amides is 2. The number of hydrogen-bond acceptors (Lipinski definition) is 6. The molecule has 5 aromatic rings. The van der Waals surface area contributed by atoms with E-state index in [-0.39, 0.29) is 22.4 Å². The van der Waals surface area contributed by atoms with E-state index in [1.54, 1.807) is 0 Å². The van der Waals surface area contributed by atoms with Crippen LogP contribution in [0.25, 0.3) is 28.0 Å². The molecule has 0 fully saturated rings. The van der Waals surface area contributed by atoms with Gasteiger partial charge >= 0.3 is 12.4 Å². The Labute approximate surface area is 231 Å². The average Bonchev–Trinajstić information content (AvgIpc) is 3.60. The maximum absolute atomic E-state index is 14.4. The maximum Gasteiger partial charge on any atom is 0.434 e. The number of pyridine rings is 1. The molecule has 15 heteroatoms. The van der Waals surface area contributed by atoms with Gasteiger partial charge in [-0.3, -0.25) is 9.59 Å². The van der Waals surface area contributed by atoms with E-state index >= 15 is 0 Å². The van der Waals surface area contributed by atoms with Gasteiger partial charge in [0.15, 0.2) is 5.69 Å². The molecule has 0 unspecified atom stereocenters. The van der Waals surface area contributed by atoms with Gasteiger partial charge in [0.2, 0.25) is 5.89 Å². The molecule has 0 atom stereocenters. The summed E-state index contributed by atoms with van der Waals surface area (Å²) in [5.74, 6) is -1.92. The van der Waals surface area contributed by atoms with Crippen molar-refractivity contribution < 1.29 is 40.3 Å². The van der Waals surface area contributed by atoms with E-state index in [1.807, 2.05) is 0 Å². The monoisotopic (exact) mass is 586 g/mol. The highest BCUT2D eigenvalue weighted by atomic mass is 19.4. The van der Waals surface area contributed by atoms with Crippen LogP contribution in [0.3, 0.4) is 0 Å². The van der Waals surface area contributed by atoms with Crippen molar-refractivity contribution in [1.29, 1.82) is 0 Å². The number of benzene rings is 2. The van der Waals surface area contributed by atoms with Crippen LogP contribution in [0.5, 0.6) is 0 Å². The zero-order chi connectivity index (χ0) is 30.1. The van der Waals surface area contributed by atoms with Crippen molar-refractivity contribution in [2.75, 3.05) is 10.6 Å². The van der Waals surface area contributed by atoms with Crippen molar-refractivity contribution in [3.8, 4) is 17.3 Å². The Hall–Kier alpha value is -5.21. The number of nitrogens with one attached hydrogen (secondary N) is 2. The number of hydrogen-bond donors (Lipinski definition) is 2. The number of aromatic nitrogens is 4. The van der Waals surface area contributed by atoms with E-state index in [2.05, 4.69) is 25.7 Å². The molecule has 0 bridgehead atoms. The van der Waals surface area contributed by atoms with Crippen molar-refractivity contribution in [2.45, 2.75) is 26.2 Å². The van der Waals surface area contributed by atoms with Crippen molar-refractivity contribution in [3.05, 3.63) is 82.6 Å². The molecule has 2 aromatic carbocycles. The lowest BCUT2D eigenvalue weighted by molar-refractivity contribution is -0.143. The second kappa shape index (κ2) is 9.15.